The molecular formula is C12H20N2O4. The van der Waals surface area contributed by atoms with Crippen molar-refractivity contribution in [2.75, 3.05) is 26.2 Å². The van der Waals surface area contributed by atoms with Crippen LogP contribution in [0.1, 0.15) is 13.8 Å². The molecule has 0 aromatic carbocycles. The number of hydrogen-bond donors (Lipinski definition) is 2. The van der Waals surface area contributed by atoms with Gasteiger partial charge in [-0.25, -0.2) is 4.79 Å². The Morgan fingerprint density at radius 2 is 2.22 bits per heavy atom. The van der Waals surface area contributed by atoms with Crippen molar-refractivity contribution in [3.8, 4) is 0 Å². The summed E-state index contributed by atoms with van der Waals surface area (Å²) in [5, 5.41) is 11.3. The van der Waals surface area contributed by atoms with E-state index < -0.39 is 11.6 Å². The van der Waals surface area contributed by atoms with Crippen LogP contribution < -0.4 is 5.32 Å². The highest BCUT2D eigenvalue weighted by atomic mass is 16.5. The third-order valence-corrected chi connectivity index (χ3v) is 2.97. The molecule has 0 aliphatic carbocycles. The van der Waals surface area contributed by atoms with Crippen LogP contribution >= 0.6 is 0 Å². The molecule has 18 heavy (non-hydrogen) atoms. The largest absolute Gasteiger partial charge is 0.480 e. The average molecular weight is 256 g/mol. The highest BCUT2D eigenvalue weighted by molar-refractivity contribution is 5.81. The van der Waals surface area contributed by atoms with Crippen LogP contribution in [0.4, 0.5) is 0 Å². The highest BCUT2D eigenvalue weighted by Gasteiger charge is 2.43. The molecule has 1 rings (SSSR count). The minimum atomic E-state index is -0.980. The summed E-state index contributed by atoms with van der Waals surface area (Å²) in [7, 11) is 0. The molecule has 1 saturated heterocycles. The SMILES string of the molecule is C=CCNC(=O)C(C)N1CC(C)(OCC(=O)O)C1. The van der Waals surface area contributed by atoms with Crippen LogP contribution in [0, 0.1) is 0 Å². The smallest absolute Gasteiger partial charge is 0.329 e. The maximum Gasteiger partial charge on any atom is 0.329 e. The van der Waals surface area contributed by atoms with Crippen LogP contribution in [-0.2, 0) is 14.3 Å². The maximum atomic E-state index is 11.7. The molecule has 0 aromatic rings. The number of aliphatic carboxylic acids is 1. The van der Waals surface area contributed by atoms with Crippen molar-refractivity contribution in [2.24, 2.45) is 0 Å². The third kappa shape index (κ3) is 3.82. The molecule has 1 atom stereocenters. The first-order valence-electron chi connectivity index (χ1n) is 5.86. The minimum Gasteiger partial charge on any atom is -0.480 e. The molecule has 1 aliphatic heterocycles. The fourth-order valence-electron chi connectivity index (χ4n) is 1.90. The molecule has 1 fully saturated rings. The summed E-state index contributed by atoms with van der Waals surface area (Å²) in [5.74, 6) is -1.04. The van der Waals surface area contributed by atoms with Crippen LogP contribution in [0.5, 0.6) is 0 Å². The van der Waals surface area contributed by atoms with E-state index in [-0.39, 0.29) is 18.6 Å². The second-order valence-corrected chi connectivity index (χ2v) is 4.75. The van der Waals surface area contributed by atoms with Gasteiger partial charge < -0.3 is 15.2 Å². The van der Waals surface area contributed by atoms with Crippen LogP contribution in [0.2, 0.25) is 0 Å². The molecule has 1 heterocycles. The van der Waals surface area contributed by atoms with E-state index >= 15 is 0 Å². The zero-order valence-corrected chi connectivity index (χ0v) is 10.8. The molecule has 0 bridgehead atoms. The number of ether oxygens (including phenoxy) is 1. The summed E-state index contributed by atoms with van der Waals surface area (Å²) >= 11 is 0. The predicted molar refractivity (Wildman–Crippen MR) is 66.2 cm³/mol. The number of carboxylic acids is 1. The fourth-order valence-corrected chi connectivity index (χ4v) is 1.90. The van der Waals surface area contributed by atoms with E-state index in [1.54, 1.807) is 6.08 Å². The van der Waals surface area contributed by atoms with Crippen LogP contribution in [0.3, 0.4) is 0 Å². The van der Waals surface area contributed by atoms with Gasteiger partial charge in [-0.3, -0.25) is 9.69 Å². The second kappa shape index (κ2) is 5.97. The van der Waals surface area contributed by atoms with Gasteiger partial charge in [0.1, 0.15) is 6.61 Å². The molecule has 1 aliphatic rings. The molecule has 6 nitrogen and oxygen atoms in total. The van der Waals surface area contributed by atoms with E-state index in [4.69, 9.17) is 9.84 Å². The number of nitrogens with one attached hydrogen (secondary N) is 1. The molecule has 0 saturated carbocycles. The number of carboxylic acid groups (broad SMARTS) is 1. The van der Waals surface area contributed by atoms with Gasteiger partial charge in [-0.1, -0.05) is 6.08 Å². The van der Waals surface area contributed by atoms with Crippen LogP contribution in [0.25, 0.3) is 0 Å². The van der Waals surface area contributed by atoms with Gasteiger partial charge in [-0.2, -0.15) is 0 Å². The molecule has 102 valence electrons. The number of carbonyl (C=O) groups is 2. The summed E-state index contributed by atoms with van der Waals surface area (Å²) in [5.41, 5.74) is -0.467. The molecule has 0 aromatic heterocycles. The van der Waals surface area contributed by atoms with Gasteiger partial charge in [-0.15, -0.1) is 6.58 Å². The van der Waals surface area contributed by atoms with Gasteiger partial charge in [0.2, 0.25) is 5.91 Å². The molecule has 1 unspecified atom stereocenters. The van der Waals surface area contributed by atoms with Gasteiger partial charge in [-0.05, 0) is 13.8 Å². The Morgan fingerprint density at radius 3 is 2.72 bits per heavy atom. The van der Waals surface area contributed by atoms with E-state index in [9.17, 15) is 9.59 Å². The Bertz CT molecular complexity index is 337. The Morgan fingerprint density at radius 1 is 1.61 bits per heavy atom. The number of nitrogens with zero attached hydrogens (tertiary/aromatic N) is 1. The molecular weight excluding hydrogens is 236 g/mol. The van der Waals surface area contributed by atoms with Crippen LogP contribution in [0.15, 0.2) is 12.7 Å². The predicted octanol–water partition coefficient (Wildman–Crippen LogP) is -0.147. The number of rotatable bonds is 7. The lowest BCUT2D eigenvalue weighted by Crippen LogP contribution is -2.66. The maximum absolute atomic E-state index is 11.7. The zero-order chi connectivity index (χ0) is 13.8. The number of carbonyl (C=O) groups excluding carboxylic acids is 1. The van der Waals surface area contributed by atoms with E-state index in [1.165, 1.54) is 0 Å². The van der Waals surface area contributed by atoms with Gasteiger partial charge in [0.05, 0.1) is 11.6 Å². The first-order valence-corrected chi connectivity index (χ1v) is 5.86. The summed E-state index contributed by atoms with van der Waals surface area (Å²) < 4.78 is 5.28. The van der Waals surface area contributed by atoms with E-state index in [0.29, 0.717) is 19.6 Å². The van der Waals surface area contributed by atoms with Crippen LogP contribution in [-0.4, -0.2) is 59.8 Å². The van der Waals surface area contributed by atoms with Gasteiger partial charge in [0.25, 0.3) is 0 Å². The van der Waals surface area contributed by atoms with Gasteiger partial charge in [0.15, 0.2) is 0 Å². The summed E-state index contributed by atoms with van der Waals surface area (Å²) in [6.07, 6.45) is 1.63. The van der Waals surface area contributed by atoms with Crippen molar-refractivity contribution in [2.45, 2.75) is 25.5 Å². The Balaban J connectivity index is 2.33. The lowest BCUT2D eigenvalue weighted by molar-refractivity contribution is -0.171. The number of amides is 1. The third-order valence-electron chi connectivity index (χ3n) is 2.97. The van der Waals surface area contributed by atoms with Crippen molar-refractivity contribution in [1.82, 2.24) is 10.2 Å². The van der Waals surface area contributed by atoms with Gasteiger partial charge >= 0.3 is 5.97 Å². The summed E-state index contributed by atoms with van der Waals surface area (Å²) in [4.78, 5) is 24.0. The van der Waals surface area contributed by atoms with Crippen molar-refractivity contribution >= 4 is 11.9 Å². The highest BCUT2D eigenvalue weighted by Crippen LogP contribution is 2.26. The molecule has 1 amide bonds. The Labute approximate surface area is 107 Å². The molecule has 0 radical (unpaired) electrons. The van der Waals surface area contributed by atoms with E-state index in [1.807, 2.05) is 18.7 Å². The van der Waals surface area contributed by atoms with E-state index in [2.05, 4.69) is 11.9 Å². The normalized spacial score (nSPS) is 19.7. The van der Waals surface area contributed by atoms with Crippen molar-refractivity contribution in [3.05, 3.63) is 12.7 Å². The lowest BCUT2D eigenvalue weighted by Gasteiger charge is -2.49. The molecule has 0 spiro atoms. The summed E-state index contributed by atoms with van der Waals surface area (Å²) in [6.45, 7) is 8.45. The first kappa shape index (κ1) is 14.7. The van der Waals surface area contributed by atoms with Crippen molar-refractivity contribution in [3.63, 3.8) is 0 Å². The number of hydrogen-bond acceptors (Lipinski definition) is 4. The second-order valence-electron chi connectivity index (χ2n) is 4.75. The quantitative estimate of drug-likeness (QED) is 0.619. The van der Waals surface area contributed by atoms with Crippen molar-refractivity contribution < 1.29 is 19.4 Å². The molecule has 6 heteroatoms. The number of likely N-dealkylation sites (tertiary alicyclic amines) is 1. The molecule has 2 N–H and O–H groups in total. The Hall–Kier alpha value is -1.40. The standard InChI is InChI=1S/C12H20N2O4/c1-4-5-13-11(17)9(2)14-7-12(3,8-14)18-6-10(15)16/h4,9H,1,5-8H2,2-3H3,(H,13,17)(H,15,16). The first-order chi connectivity index (χ1) is 8.38. The van der Waals surface area contributed by atoms with Crippen molar-refractivity contribution in [1.29, 1.82) is 0 Å². The topological polar surface area (TPSA) is 78.9 Å². The van der Waals surface area contributed by atoms with Gasteiger partial charge in [0, 0.05) is 19.6 Å². The summed E-state index contributed by atoms with van der Waals surface area (Å²) in [6, 6.07) is -0.244. The van der Waals surface area contributed by atoms with E-state index in [0.717, 1.165) is 0 Å². The lowest BCUT2D eigenvalue weighted by atomic mass is 9.94. The minimum absolute atomic E-state index is 0.0600. The fraction of sp³-hybridized carbons (Fsp3) is 0.667. The monoisotopic (exact) mass is 256 g/mol. The average Bonchev–Trinajstić information content (AvgIpc) is 2.28. The zero-order valence-electron chi connectivity index (χ0n) is 10.8. The Kier molecular flexibility index (Phi) is 4.86.